The first-order chi connectivity index (χ1) is 15.7. The van der Waals surface area contributed by atoms with Crippen LogP contribution >= 0.6 is 7.14 Å². The molecule has 0 aliphatic rings. The third kappa shape index (κ3) is 4.34. The zero-order chi connectivity index (χ0) is 25.6. The van der Waals surface area contributed by atoms with E-state index in [2.05, 4.69) is 20.8 Å². The van der Waals surface area contributed by atoms with Gasteiger partial charge in [0.2, 0.25) is 18.2 Å². The van der Waals surface area contributed by atoms with E-state index in [-0.39, 0.29) is 11.0 Å². The minimum Gasteiger partial charge on any atom is -0.302 e. The van der Waals surface area contributed by atoms with Crippen LogP contribution in [0.15, 0.2) is 48.5 Å². The molecule has 34 heavy (non-hydrogen) atoms. The van der Waals surface area contributed by atoms with Gasteiger partial charge >= 0.3 is 0 Å². The maximum atomic E-state index is 15.0. The number of benzene rings is 3. The highest BCUT2D eigenvalue weighted by Gasteiger charge is 2.46. The van der Waals surface area contributed by atoms with Crippen molar-refractivity contribution in [3.05, 3.63) is 98.6 Å². The maximum Gasteiger partial charge on any atom is 0.249 e. The summed E-state index contributed by atoms with van der Waals surface area (Å²) >= 11 is 0. The van der Waals surface area contributed by atoms with E-state index in [1.54, 1.807) is 30.3 Å². The molecule has 3 rings (SSSR count). The number of carbonyl (C=O) groups excluding carboxylic acids is 2. The van der Waals surface area contributed by atoms with Gasteiger partial charge in [-0.25, -0.2) is 0 Å². The Labute approximate surface area is 204 Å². The summed E-state index contributed by atoms with van der Waals surface area (Å²) in [6.45, 7) is 17.7. The summed E-state index contributed by atoms with van der Waals surface area (Å²) in [5.74, 6) is 0. The molecule has 3 aromatic carbocycles. The second-order valence-electron chi connectivity index (χ2n) is 10.4. The van der Waals surface area contributed by atoms with E-state index in [1.807, 2.05) is 59.7 Å². The van der Waals surface area contributed by atoms with Gasteiger partial charge in [0.05, 0.1) is 0 Å². The van der Waals surface area contributed by atoms with Crippen molar-refractivity contribution in [3.8, 4) is 0 Å². The first-order valence-electron chi connectivity index (χ1n) is 11.7. The molecule has 0 bridgehead atoms. The molecule has 0 saturated carbocycles. The molecule has 0 aliphatic carbocycles. The number of rotatable bonds is 5. The van der Waals surface area contributed by atoms with Crippen LogP contribution in [-0.2, 0) is 9.98 Å². The quantitative estimate of drug-likeness (QED) is 0.360. The third-order valence-corrected chi connectivity index (χ3v) is 9.80. The molecule has 1 atom stereocenters. The Kier molecular flexibility index (Phi) is 6.93. The van der Waals surface area contributed by atoms with Crippen molar-refractivity contribution in [2.45, 2.75) is 67.7 Å². The molecule has 0 spiro atoms. The summed E-state index contributed by atoms with van der Waals surface area (Å²) in [5, 5.41) is 0.372. The summed E-state index contributed by atoms with van der Waals surface area (Å²) < 4.78 is 15.0. The lowest BCUT2D eigenvalue weighted by atomic mass is 9.85. The Bertz CT molecular complexity index is 1320. The minimum absolute atomic E-state index is 0.118. The van der Waals surface area contributed by atoms with Crippen LogP contribution in [0, 0.1) is 41.5 Å². The SMILES string of the molecule is Cc1cc(C)c(C(=O)P(=O)(C(=O)c2ccccc2)c2c(C)cc(C(C)(C)C)cc2C)c(C)c1C. The van der Waals surface area contributed by atoms with Gasteiger partial charge in [-0.3, -0.25) is 9.59 Å². The van der Waals surface area contributed by atoms with E-state index in [0.717, 1.165) is 27.8 Å². The van der Waals surface area contributed by atoms with Crippen LogP contribution < -0.4 is 5.30 Å². The van der Waals surface area contributed by atoms with Gasteiger partial charge in [0.1, 0.15) is 0 Å². The summed E-state index contributed by atoms with van der Waals surface area (Å²) in [5.41, 5.74) is 5.46. The molecule has 0 radical (unpaired) electrons. The summed E-state index contributed by atoms with van der Waals surface area (Å²) in [6.07, 6.45) is 0. The van der Waals surface area contributed by atoms with Crippen molar-refractivity contribution < 1.29 is 14.2 Å². The Morgan fingerprint density at radius 2 is 1.21 bits per heavy atom. The molecule has 178 valence electrons. The molecule has 0 heterocycles. The molecule has 3 nitrogen and oxygen atoms in total. The third-order valence-electron chi connectivity index (χ3n) is 6.83. The molecule has 0 fully saturated rings. The van der Waals surface area contributed by atoms with Crippen LogP contribution in [-0.4, -0.2) is 11.0 Å². The topological polar surface area (TPSA) is 51.2 Å². The highest BCUT2D eigenvalue weighted by molar-refractivity contribution is 8.01. The highest BCUT2D eigenvalue weighted by atomic mass is 31.2. The van der Waals surface area contributed by atoms with E-state index in [0.29, 0.717) is 22.0 Å². The normalized spacial score (nSPS) is 13.4. The molecule has 4 heteroatoms. The van der Waals surface area contributed by atoms with Crippen molar-refractivity contribution in [1.82, 2.24) is 0 Å². The standard InChI is InChI=1S/C30H35O3P/c1-18-15-19(2)26(23(6)22(18)5)29(32)34(33,28(31)24-13-11-10-12-14-24)27-20(3)16-25(17-21(27)4)30(7,8)9/h10-17H,1-9H3. The molecule has 1 unspecified atom stereocenters. The first-order valence-corrected chi connectivity index (χ1v) is 13.4. The van der Waals surface area contributed by atoms with Gasteiger partial charge in [0.25, 0.3) is 0 Å². The Balaban J connectivity index is 2.40. The summed E-state index contributed by atoms with van der Waals surface area (Å²) in [4.78, 5) is 28.2. The largest absolute Gasteiger partial charge is 0.302 e. The number of hydrogen-bond acceptors (Lipinski definition) is 3. The lowest BCUT2D eigenvalue weighted by molar-refractivity contribution is 0.104. The van der Waals surface area contributed by atoms with E-state index in [1.165, 1.54) is 0 Å². The van der Waals surface area contributed by atoms with E-state index in [9.17, 15) is 9.59 Å². The van der Waals surface area contributed by atoms with Crippen LogP contribution in [0.25, 0.3) is 0 Å². The molecular weight excluding hydrogens is 439 g/mol. The van der Waals surface area contributed by atoms with Gasteiger partial charge in [-0.15, -0.1) is 0 Å². The fourth-order valence-electron chi connectivity index (χ4n) is 4.71. The van der Waals surface area contributed by atoms with Gasteiger partial charge in [-0.05, 0) is 85.9 Å². The Morgan fingerprint density at radius 3 is 1.71 bits per heavy atom. The Hall–Kier alpha value is -2.77. The van der Waals surface area contributed by atoms with Crippen LogP contribution in [0.2, 0.25) is 0 Å². The zero-order valence-corrected chi connectivity index (χ0v) is 22.7. The minimum atomic E-state index is -4.21. The molecule has 3 aromatic rings. The molecular formula is C30H35O3P. The Morgan fingerprint density at radius 1 is 0.676 bits per heavy atom. The van der Waals surface area contributed by atoms with E-state index < -0.39 is 18.2 Å². The van der Waals surface area contributed by atoms with Gasteiger partial charge in [0, 0.05) is 16.4 Å². The lowest BCUT2D eigenvalue weighted by Crippen LogP contribution is -2.27. The first kappa shape index (κ1) is 25.8. The molecule has 0 amide bonds. The van der Waals surface area contributed by atoms with Crippen molar-refractivity contribution in [1.29, 1.82) is 0 Å². The smallest absolute Gasteiger partial charge is 0.249 e. The molecule has 0 saturated heterocycles. The average molecular weight is 475 g/mol. The predicted octanol–water partition coefficient (Wildman–Crippen LogP) is 7.50. The maximum absolute atomic E-state index is 15.0. The number of aryl methyl sites for hydroxylation is 4. The molecule has 0 aliphatic heterocycles. The van der Waals surface area contributed by atoms with Crippen molar-refractivity contribution in [2.75, 3.05) is 0 Å². The monoisotopic (exact) mass is 474 g/mol. The second-order valence-corrected chi connectivity index (χ2v) is 12.9. The van der Waals surface area contributed by atoms with Crippen molar-refractivity contribution >= 4 is 23.5 Å². The van der Waals surface area contributed by atoms with Gasteiger partial charge in [0.15, 0.2) is 0 Å². The van der Waals surface area contributed by atoms with Crippen LogP contribution in [0.3, 0.4) is 0 Å². The van der Waals surface area contributed by atoms with Gasteiger partial charge in [-0.1, -0.05) is 69.3 Å². The highest BCUT2D eigenvalue weighted by Crippen LogP contribution is 2.53. The van der Waals surface area contributed by atoms with Crippen molar-refractivity contribution in [3.63, 3.8) is 0 Å². The van der Waals surface area contributed by atoms with Gasteiger partial charge < -0.3 is 4.57 Å². The fourth-order valence-corrected chi connectivity index (χ4v) is 7.60. The number of hydrogen-bond donors (Lipinski definition) is 0. The van der Waals surface area contributed by atoms with E-state index >= 15 is 4.57 Å². The zero-order valence-electron chi connectivity index (χ0n) is 21.8. The summed E-state index contributed by atoms with van der Waals surface area (Å²) in [6, 6.07) is 14.4. The summed E-state index contributed by atoms with van der Waals surface area (Å²) in [7, 11) is -4.21. The van der Waals surface area contributed by atoms with Gasteiger partial charge in [-0.2, -0.15) is 0 Å². The van der Waals surface area contributed by atoms with Crippen LogP contribution in [0.4, 0.5) is 0 Å². The number of carbonyl (C=O) groups is 2. The molecule has 0 N–H and O–H groups in total. The fraction of sp³-hybridized carbons (Fsp3) is 0.333. The van der Waals surface area contributed by atoms with E-state index in [4.69, 9.17) is 0 Å². The van der Waals surface area contributed by atoms with Crippen LogP contribution in [0.5, 0.6) is 0 Å². The molecule has 0 aromatic heterocycles. The average Bonchev–Trinajstić information content (AvgIpc) is 2.76. The van der Waals surface area contributed by atoms with Crippen LogP contribution in [0.1, 0.15) is 80.4 Å². The van der Waals surface area contributed by atoms with Crippen molar-refractivity contribution in [2.24, 2.45) is 0 Å². The second kappa shape index (κ2) is 9.12. The predicted molar refractivity (Wildman–Crippen MR) is 142 cm³/mol. The lowest BCUT2D eigenvalue weighted by Gasteiger charge is -2.26.